The van der Waals surface area contributed by atoms with Gasteiger partial charge in [0.25, 0.3) is 0 Å². The van der Waals surface area contributed by atoms with Crippen LogP contribution in [0.15, 0.2) is 91.0 Å². The molecule has 3 aromatic rings. The Kier molecular flexibility index (Phi) is 4.61. The highest BCUT2D eigenvalue weighted by atomic mass is 16.6. The molecule has 25 heavy (non-hydrogen) atoms. The van der Waals surface area contributed by atoms with Gasteiger partial charge in [-0.25, -0.2) is 4.79 Å². The summed E-state index contributed by atoms with van der Waals surface area (Å²) in [6.45, 7) is 0. The number of rotatable bonds is 4. The SMILES string of the molecule is NC(=O)C(=O)OC(c1ccccc1)(c1ccccc1)c1ccccc1. The second-order valence-electron chi connectivity index (χ2n) is 5.53. The van der Waals surface area contributed by atoms with Gasteiger partial charge in [0.2, 0.25) is 0 Å². The molecule has 0 aliphatic rings. The van der Waals surface area contributed by atoms with Gasteiger partial charge < -0.3 is 10.5 Å². The van der Waals surface area contributed by atoms with Crippen molar-refractivity contribution in [2.45, 2.75) is 5.60 Å². The van der Waals surface area contributed by atoms with E-state index in [4.69, 9.17) is 10.5 Å². The topological polar surface area (TPSA) is 69.4 Å². The van der Waals surface area contributed by atoms with Gasteiger partial charge in [-0.2, -0.15) is 0 Å². The molecule has 0 atom stereocenters. The lowest BCUT2D eigenvalue weighted by Gasteiger charge is -2.34. The Morgan fingerprint density at radius 2 is 0.960 bits per heavy atom. The van der Waals surface area contributed by atoms with Crippen molar-refractivity contribution in [1.29, 1.82) is 0 Å². The van der Waals surface area contributed by atoms with Crippen molar-refractivity contribution in [2.24, 2.45) is 5.73 Å². The van der Waals surface area contributed by atoms with Gasteiger partial charge in [-0.15, -0.1) is 0 Å². The summed E-state index contributed by atoms with van der Waals surface area (Å²) in [6, 6.07) is 27.9. The summed E-state index contributed by atoms with van der Waals surface area (Å²) in [7, 11) is 0. The molecule has 0 heterocycles. The molecule has 0 unspecified atom stereocenters. The van der Waals surface area contributed by atoms with Gasteiger partial charge in [-0.05, 0) is 0 Å². The van der Waals surface area contributed by atoms with E-state index in [9.17, 15) is 9.59 Å². The van der Waals surface area contributed by atoms with Gasteiger partial charge in [0.1, 0.15) is 0 Å². The molecule has 4 heteroatoms. The van der Waals surface area contributed by atoms with Gasteiger partial charge in [0.15, 0.2) is 5.60 Å². The highest BCUT2D eigenvalue weighted by Crippen LogP contribution is 2.40. The summed E-state index contributed by atoms with van der Waals surface area (Å²) in [4.78, 5) is 23.6. The number of amides is 1. The monoisotopic (exact) mass is 331 g/mol. The van der Waals surface area contributed by atoms with Crippen LogP contribution in [0.25, 0.3) is 0 Å². The lowest BCUT2D eigenvalue weighted by atomic mass is 9.80. The summed E-state index contributed by atoms with van der Waals surface area (Å²) >= 11 is 0. The summed E-state index contributed by atoms with van der Waals surface area (Å²) in [6.07, 6.45) is 0. The smallest absolute Gasteiger partial charge is 0.398 e. The van der Waals surface area contributed by atoms with E-state index < -0.39 is 17.5 Å². The Morgan fingerprint density at radius 1 is 0.640 bits per heavy atom. The van der Waals surface area contributed by atoms with Crippen LogP contribution >= 0.6 is 0 Å². The average Bonchev–Trinajstić information content (AvgIpc) is 2.68. The molecule has 0 aliphatic heterocycles. The summed E-state index contributed by atoms with van der Waals surface area (Å²) in [5, 5.41) is 0. The summed E-state index contributed by atoms with van der Waals surface area (Å²) < 4.78 is 5.74. The van der Waals surface area contributed by atoms with Gasteiger partial charge in [0.05, 0.1) is 0 Å². The molecule has 4 nitrogen and oxygen atoms in total. The lowest BCUT2D eigenvalue weighted by molar-refractivity contribution is -0.161. The highest BCUT2D eigenvalue weighted by molar-refractivity contribution is 6.32. The fourth-order valence-corrected chi connectivity index (χ4v) is 2.88. The second-order valence-corrected chi connectivity index (χ2v) is 5.53. The number of carbonyl (C=O) groups excluding carboxylic acids is 2. The van der Waals surface area contributed by atoms with Crippen LogP contribution < -0.4 is 5.73 Å². The maximum Gasteiger partial charge on any atom is 0.398 e. The number of ether oxygens (including phenoxy) is 1. The molecule has 1 amide bonds. The minimum absolute atomic E-state index is 0.724. The van der Waals surface area contributed by atoms with Crippen molar-refractivity contribution < 1.29 is 14.3 Å². The normalized spacial score (nSPS) is 10.9. The molecule has 124 valence electrons. The molecule has 2 N–H and O–H groups in total. The lowest BCUT2D eigenvalue weighted by Crippen LogP contribution is -2.39. The van der Waals surface area contributed by atoms with E-state index >= 15 is 0 Å². The number of esters is 1. The van der Waals surface area contributed by atoms with E-state index in [1.165, 1.54) is 0 Å². The van der Waals surface area contributed by atoms with Crippen molar-refractivity contribution in [2.75, 3.05) is 0 Å². The maximum atomic E-state index is 12.2. The Morgan fingerprint density at radius 3 is 1.24 bits per heavy atom. The van der Waals surface area contributed by atoms with E-state index in [1.807, 2.05) is 91.0 Å². The Hall–Kier alpha value is -3.40. The molecule has 3 aromatic carbocycles. The first kappa shape index (κ1) is 16.5. The summed E-state index contributed by atoms with van der Waals surface area (Å²) in [5.41, 5.74) is 6.07. The highest BCUT2D eigenvalue weighted by Gasteiger charge is 2.41. The van der Waals surface area contributed by atoms with Gasteiger partial charge in [-0.1, -0.05) is 91.0 Å². The third kappa shape index (κ3) is 3.15. The molecule has 0 saturated heterocycles. The Labute approximate surface area is 145 Å². The fourth-order valence-electron chi connectivity index (χ4n) is 2.88. The molecule has 0 spiro atoms. The third-order valence-corrected chi connectivity index (χ3v) is 3.99. The van der Waals surface area contributed by atoms with Gasteiger partial charge in [0, 0.05) is 16.7 Å². The number of hydrogen-bond donors (Lipinski definition) is 1. The first-order valence-electron chi connectivity index (χ1n) is 7.84. The number of nitrogens with two attached hydrogens (primary N) is 1. The third-order valence-electron chi connectivity index (χ3n) is 3.99. The van der Waals surface area contributed by atoms with Crippen molar-refractivity contribution >= 4 is 11.9 Å². The quantitative estimate of drug-likeness (QED) is 0.454. The molecule has 0 aliphatic carbocycles. The van der Waals surface area contributed by atoms with Crippen LogP contribution in [0.5, 0.6) is 0 Å². The van der Waals surface area contributed by atoms with E-state index in [-0.39, 0.29) is 0 Å². The Bertz CT molecular complexity index is 765. The van der Waals surface area contributed by atoms with E-state index in [0.717, 1.165) is 16.7 Å². The zero-order chi connectivity index (χ0) is 17.7. The van der Waals surface area contributed by atoms with Gasteiger partial charge >= 0.3 is 11.9 Å². The van der Waals surface area contributed by atoms with Crippen LogP contribution in [0.1, 0.15) is 16.7 Å². The molecule has 0 aromatic heterocycles. The van der Waals surface area contributed by atoms with E-state index in [1.54, 1.807) is 0 Å². The van der Waals surface area contributed by atoms with Crippen molar-refractivity contribution in [1.82, 2.24) is 0 Å². The number of benzene rings is 3. The van der Waals surface area contributed by atoms with Crippen molar-refractivity contribution in [3.05, 3.63) is 108 Å². The Balaban J connectivity index is 2.31. The molecule has 0 saturated carbocycles. The predicted molar refractivity (Wildman–Crippen MR) is 94.5 cm³/mol. The van der Waals surface area contributed by atoms with Crippen LogP contribution in [0.3, 0.4) is 0 Å². The number of primary amides is 1. The maximum absolute atomic E-state index is 12.2. The molecule has 0 bridgehead atoms. The molecule has 3 rings (SSSR count). The molecular weight excluding hydrogens is 314 g/mol. The van der Waals surface area contributed by atoms with Crippen molar-refractivity contribution in [3.63, 3.8) is 0 Å². The second kappa shape index (κ2) is 7.01. The van der Waals surface area contributed by atoms with Crippen LogP contribution in [0.4, 0.5) is 0 Å². The molecule has 0 radical (unpaired) electrons. The van der Waals surface area contributed by atoms with Crippen LogP contribution in [-0.2, 0) is 19.9 Å². The standard InChI is InChI=1S/C21H17NO3/c22-19(23)20(24)25-21(16-10-4-1-5-11-16,17-12-6-2-7-13-17)18-14-8-3-9-15-18/h1-15H,(H2,22,23). The summed E-state index contributed by atoms with van der Waals surface area (Å²) in [5.74, 6) is -2.22. The zero-order valence-corrected chi connectivity index (χ0v) is 13.5. The minimum atomic E-state index is -1.27. The molecule has 0 fully saturated rings. The predicted octanol–water partition coefficient (Wildman–Crippen LogP) is 3.01. The molecular formula is C21H17NO3. The van der Waals surface area contributed by atoms with Crippen molar-refractivity contribution in [3.8, 4) is 0 Å². The van der Waals surface area contributed by atoms with E-state index in [2.05, 4.69) is 0 Å². The number of hydrogen-bond acceptors (Lipinski definition) is 3. The van der Waals surface area contributed by atoms with Crippen LogP contribution in [0.2, 0.25) is 0 Å². The van der Waals surface area contributed by atoms with E-state index in [0.29, 0.717) is 0 Å². The zero-order valence-electron chi connectivity index (χ0n) is 13.5. The fraction of sp³-hybridized carbons (Fsp3) is 0.0476. The van der Waals surface area contributed by atoms with Gasteiger partial charge in [-0.3, -0.25) is 4.79 Å². The first-order valence-corrected chi connectivity index (χ1v) is 7.84. The number of carbonyl (C=O) groups is 2. The van der Waals surface area contributed by atoms with Crippen LogP contribution in [-0.4, -0.2) is 11.9 Å². The minimum Gasteiger partial charge on any atom is -0.437 e. The first-order chi connectivity index (χ1) is 12.1. The largest absolute Gasteiger partial charge is 0.437 e. The van der Waals surface area contributed by atoms with Crippen LogP contribution in [0, 0.1) is 0 Å². The average molecular weight is 331 g/mol.